The number of hydrogen-bond acceptors (Lipinski definition) is 9. The van der Waals surface area contributed by atoms with E-state index in [1.807, 2.05) is 0 Å². The number of sulfonamides is 2. The lowest BCUT2D eigenvalue weighted by Gasteiger charge is -2.38. The van der Waals surface area contributed by atoms with Crippen molar-refractivity contribution in [2.75, 3.05) is 46.5 Å². The van der Waals surface area contributed by atoms with Gasteiger partial charge in [0.15, 0.2) is 0 Å². The summed E-state index contributed by atoms with van der Waals surface area (Å²) in [5.74, 6) is 1.12. The van der Waals surface area contributed by atoms with Crippen molar-refractivity contribution in [2.24, 2.45) is 0 Å². The monoisotopic (exact) mass is 595 g/mol. The van der Waals surface area contributed by atoms with E-state index in [0.29, 0.717) is 49.8 Å². The van der Waals surface area contributed by atoms with Crippen molar-refractivity contribution in [2.45, 2.75) is 59.6 Å². The fourth-order valence-electron chi connectivity index (χ4n) is 5.51. The lowest BCUT2D eigenvalue weighted by atomic mass is 9.88. The van der Waals surface area contributed by atoms with E-state index >= 15 is 0 Å². The number of aliphatic hydroxyl groups is 1. The maximum atomic E-state index is 13.3. The summed E-state index contributed by atoms with van der Waals surface area (Å²) in [5, 5.41) is 13.7. The molecule has 11 nitrogen and oxygen atoms in total. The summed E-state index contributed by atoms with van der Waals surface area (Å²) in [4.78, 5) is 0.399. The Labute approximate surface area is 235 Å². The summed E-state index contributed by atoms with van der Waals surface area (Å²) < 4.78 is 71.8. The number of fused-ring (bicyclic) bond motifs is 1. The van der Waals surface area contributed by atoms with Gasteiger partial charge in [0.2, 0.25) is 20.0 Å². The molecule has 40 heavy (non-hydrogen) atoms. The number of aryl methyl sites for hydroxylation is 1. The minimum atomic E-state index is -3.60. The molecule has 0 radical (unpaired) electrons. The standard InChI is InChI=1S/C27H37N3O8S2/c1-28-39(32,33)24-6-2-5-23(15-24)37-19-22(31)17-29-21-16-27(38-18-21)9-11-30(12-10-27)40(34,35)25-7-8-26-20(14-25)4-3-13-36-26/h2,5-8,14-15,21-22,28-29,31H,3-4,9-13,16-19H2,1H3/t21?,22-/m0/s1. The van der Waals surface area contributed by atoms with Crippen molar-refractivity contribution in [1.29, 1.82) is 0 Å². The Bertz CT molecular complexity index is 1410. The highest BCUT2D eigenvalue weighted by molar-refractivity contribution is 7.89. The van der Waals surface area contributed by atoms with Crippen molar-refractivity contribution < 1.29 is 36.2 Å². The van der Waals surface area contributed by atoms with Crippen LogP contribution in [0.3, 0.4) is 0 Å². The van der Waals surface area contributed by atoms with Gasteiger partial charge in [0.05, 0.1) is 28.6 Å². The van der Waals surface area contributed by atoms with Crippen LogP contribution in [0.5, 0.6) is 11.5 Å². The number of piperidine rings is 1. The summed E-state index contributed by atoms with van der Waals surface area (Å²) in [6, 6.07) is 11.3. The first-order valence-corrected chi connectivity index (χ1v) is 16.5. The molecule has 5 rings (SSSR count). The van der Waals surface area contributed by atoms with Gasteiger partial charge in [0, 0.05) is 31.7 Å². The van der Waals surface area contributed by atoms with Gasteiger partial charge in [-0.2, -0.15) is 4.31 Å². The minimum Gasteiger partial charge on any atom is -0.493 e. The smallest absolute Gasteiger partial charge is 0.243 e. The second-order valence-corrected chi connectivity index (χ2v) is 14.4. The predicted octanol–water partition coefficient (Wildman–Crippen LogP) is 1.26. The zero-order valence-corrected chi connectivity index (χ0v) is 24.2. The molecule has 2 aromatic carbocycles. The van der Waals surface area contributed by atoms with Crippen LogP contribution in [0.1, 0.15) is 31.2 Å². The first-order valence-electron chi connectivity index (χ1n) is 13.6. The van der Waals surface area contributed by atoms with E-state index in [2.05, 4.69) is 10.0 Å². The Balaban J connectivity index is 1.08. The molecule has 2 fully saturated rings. The van der Waals surface area contributed by atoms with Gasteiger partial charge < -0.3 is 24.6 Å². The molecule has 0 amide bonds. The van der Waals surface area contributed by atoms with E-state index in [1.54, 1.807) is 34.6 Å². The van der Waals surface area contributed by atoms with Gasteiger partial charge in [0.1, 0.15) is 24.2 Å². The molecule has 0 saturated carbocycles. The van der Waals surface area contributed by atoms with Crippen LogP contribution in [0.4, 0.5) is 0 Å². The number of ether oxygens (including phenoxy) is 3. The van der Waals surface area contributed by atoms with E-state index in [1.165, 1.54) is 19.2 Å². The highest BCUT2D eigenvalue weighted by atomic mass is 32.2. The van der Waals surface area contributed by atoms with Crippen molar-refractivity contribution in [3.8, 4) is 11.5 Å². The van der Waals surface area contributed by atoms with Crippen LogP contribution in [-0.2, 0) is 31.2 Å². The van der Waals surface area contributed by atoms with Crippen LogP contribution in [0.2, 0.25) is 0 Å². The maximum absolute atomic E-state index is 13.3. The lowest BCUT2D eigenvalue weighted by Crippen LogP contribution is -2.47. The van der Waals surface area contributed by atoms with Gasteiger partial charge in [-0.1, -0.05) is 6.07 Å². The summed E-state index contributed by atoms with van der Waals surface area (Å²) in [5.41, 5.74) is 0.561. The normalized spacial score (nSPS) is 22.0. The van der Waals surface area contributed by atoms with Crippen molar-refractivity contribution in [1.82, 2.24) is 14.3 Å². The number of aliphatic hydroxyl groups excluding tert-OH is 1. The third-order valence-corrected chi connectivity index (χ3v) is 11.1. The topological polar surface area (TPSA) is 144 Å². The molecule has 2 saturated heterocycles. The molecule has 3 N–H and O–H groups in total. The second kappa shape index (κ2) is 11.9. The third kappa shape index (κ3) is 6.46. The molecule has 0 aliphatic carbocycles. The van der Waals surface area contributed by atoms with E-state index < -0.39 is 26.2 Å². The molecular weight excluding hydrogens is 558 g/mol. The van der Waals surface area contributed by atoms with Crippen LogP contribution in [0.25, 0.3) is 0 Å². The second-order valence-electron chi connectivity index (χ2n) is 10.6. The van der Waals surface area contributed by atoms with Crippen LogP contribution in [0, 0.1) is 0 Å². The molecule has 3 heterocycles. The summed E-state index contributed by atoms with van der Waals surface area (Å²) >= 11 is 0. The molecule has 2 aromatic rings. The third-order valence-electron chi connectivity index (χ3n) is 7.83. The predicted molar refractivity (Wildman–Crippen MR) is 148 cm³/mol. The number of hydrogen-bond donors (Lipinski definition) is 3. The molecule has 2 atom stereocenters. The molecule has 0 bridgehead atoms. The Morgan fingerprint density at radius 3 is 2.70 bits per heavy atom. The van der Waals surface area contributed by atoms with Crippen molar-refractivity contribution >= 4 is 20.0 Å². The van der Waals surface area contributed by atoms with Gasteiger partial charge >= 0.3 is 0 Å². The Hall–Kier alpha value is -2.26. The molecule has 220 valence electrons. The first kappa shape index (κ1) is 29.2. The average molecular weight is 596 g/mol. The Morgan fingerprint density at radius 2 is 1.93 bits per heavy atom. The van der Waals surface area contributed by atoms with E-state index in [4.69, 9.17) is 14.2 Å². The van der Waals surface area contributed by atoms with Crippen LogP contribution < -0.4 is 19.5 Å². The van der Waals surface area contributed by atoms with Crippen molar-refractivity contribution in [3.05, 3.63) is 48.0 Å². The SMILES string of the molecule is CNS(=O)(=O)c1cccc(OC[C@@H](O)CNC2COC3(CCN(S(=O)(=O)c4ccc5c(c4)CCCO5)CC3)C2)c1. The Kier molecular flexibility index (Phi) is 8.72. The highest BCUT2D eigenvalue weighted by Gasteiger charge is 2.44. The van der Waals surface area contributed by atoms with Crippen LogP contribution in [-0.4, -0.2) is 90.5 Å². The zero-order valence-electron chi connectivity index (χ0n) is 22.5. The number of nitrogens with zero attached hydrogens (tertiary/aromatic N) is 1. The average Bonchev–Trinajstić information content (AvgIpc) is 3.37. The van der Waals surface area contributed by atoms with E-state index in [9.17, 15) is 21.9 Å². The number of nitrogens with one attached hydrogen (secondary N) is 2. The highest BCUT2D eigenvalue weighted by Crippen LogP contribution is 2.38. The fourth-order valence-corrected chi connectivity index (χ4v) is 7.76. The van der Waals surface area contributed by atoms with Gasteiger partial charge in [-0.25, -0.2) is 21.6 Å². The lowest BCUT2D eigenvalue weighted by molar-refractivity contribution is -0.0312. The molecule has 0 aromatic heterocycles. The molecule has 3 aliphatic rings. The molecule has 1 spiro atoms. The number of rotatable bonds is 10. The number of benzene rings is 2. The van der Waals surface area contributed by atoms with Gasteiger partial charge in [0.25, 0.3) is 0 Å². The summed E-state index contributed by atoms with van der Waals surface area (Å²) in [6.45, 7) is 2.20. The molecular formula is C27H37N3O8S2. The fraction of sp³-hybridized carbons (Fsp3) is 0.556. The van der Waals surface area contributed by atoms with Gasteiger partial charge in [-0.05, 0) is 75.0 Å². The molecule has 1 unspecified atom stereocenters. The first-order chi connectivity index (χ1) is 19.1. The summed E-state index contributed by atoms with van der Waals surface area (Å²) in [6.07, 6.45) is 2.84. The quantitative estimate of drug-likeness (QED) is 0.370. The summed E-state index contributed by atoms with van der Waals surface area (Å²) in [7, 11) is -5.84. The van der Waals surface area contributed by atoms with Crippen LogP contribution in [0.15, 0.2) is 52.3 Å². The van der Waals surface area contributed by atoms with Crippen LogP contribution >= 0.6 is 0 Å². The van der Waals surface area contributed by atoms with E-state index in [0.717, 1.165) is 30.6 Å². The largest absolute Gasteiger partial charge is 0.493 e. The molecule has 3 aliphatic heterocycles. The Morgan fingerprint density at radius 1 is 1.12 bits per heavy atom. The van der Waals surface area contributed by atoms with Crippen molar-refractivity contribution in [3.63, 3.8) is 0 Å². The molecule has 13 heteroatoms. The minimum absolute atomic E-state index is 0.00356. The van der Waals surface area contributed by atoms with Gasteiger partial charge in [-0.15, -0.1) is 0 Å². The zero-order chi connectivity index (χ0) is 28.4. The maximum Gasteiger partial charge on any atom is 0.243 e. The van der Waals surface area contributed by atoms with Gasteiger partial charge in [-0.3, -0.25) is 0 Å². The van der Waals surface area contributed by atoms with E-state index in [-0.39, 0.29) is 29.7 Å².